The summed E-state index contributed by atoms with van der Waals surface area (Å²) in [6.45, 7) is 1.40. The smallest absolute Gasteiger partial charge is 0.255 e. The Hall–Kier alpha value is -2.24. The monoisotopic (exact) mass is 352 g/mol. The highest BCUT2D eigenvalue weighted by Gasteiger charge is 2.12. The Balaban J connectivity index is 2.30. The topological polar surface area (TPSA) is 67.4 Å². The summed E-state index contributed by atoms with van der Waals surface area (Å²) in [6, 6.07) is 9.47. The van der Waals surface area contributed by atoms with Crippen LogP contribution in [0, 0.1) is 0 Å². The lowest BCUT2D eigenvalue weighted by molar-refractivity contribution is -0.114. The number of ether oxygens (including phenoxy) is 1. The van der Waals surface area contributed by atoms with E-state index in [4.69, 9.17) is 27.9 Å². The number of benzene rings is 2. The van der Waals surface area contributed by atoms with Crippen LogP contribution in [0.4, 0.5) is 11.4 Å². The van der Waals surface area contributed by atoms with Crippen molar-refractivity contribution in [1.82, 2.24) is 0 Å². The molecule has 2 amide bonds. The molecule has 2 N–H and O–H groups in total. The second-order valence-corrected chi connectivity index (χ2v) is 5.58. The molecule has 0 saturated carbocycles. The number of anilines is 2. The van der Waals surface area contributed by atoms with Crippen LogP contribution in [0.25, 0.3) is 0 Å². The van der Waals surface area contributed by atoms with Crippen LogP contribution in [0.1, 0.15) is 17.3 Å². The van der Waals surface area contributed by atoms with E-state index in [1.54, 1.807) is 18.2 Å². The fourth-order valence-corrected chi connectivity index (χ4v) is 2.49. The number of hydrogen-bond donors (Lipinski definition) is 2. The molecule has 0 bridgehead atoms. The molecule has 0 spiro atoms. The van der Waals surface area contributed by atoms with Gasteiger partial charge in [0.2, 0.25) is 5.91 Å². The van der Waals surface area contributed by atoms with Gasteiger partial charge in [-0.25, -0.2) is 0 Å². The molecule has 0 saturated heterocycles. The summed E-state index contributed by atoms with van der Waals surface area (Å²) in [5.41, 5.74) is 1.27. The van der Waals surface area contributed by atoms with E-state index in [1.165, 1.54) is 32.2 Å². The first-order valence-electron chi connectivity index (χ1n) is 6.62. The number of hydrogen-bond acceptors (Lipinski definition) is 3. The zero-order chi connectivity index (χ0) is 17.0. The lowest BCUT2D eigenvalue weighted by atomic mass is 10.2. The van der Waals surface area contributed by atoms with E-state index in [-0.39, 0.29) is 5.91 Å². The van der Waals surface area contributed by atoms with E-state index in [0.717, 1.165) is 0 Å². The Morgan fingerprint density at radius 2 is 1.65 bits per heavy atom. The number of methoxy groups -OCH3 is 1. The Morgan fingerprint density at radius 3 is 2.22 bits per heavy atom. The predicted molar refractivity (Wildman–Crippen MR) is 91.7 cm³/mol. The van der Waals surface area contributed by atoms with Gasteiger partial charge in [0.15, 0.2) is 0 Å². The molecule has 0 heterocycles. The molecule has 0 unspecified atom stereocenters. The molecular formula is C16H14Cl2N2O3. The van der Waals surface area contributed by atoms with Gasteiger partial charge >= 0.3 is 0 Å². The van der Waals surface area contributed by atoms with Crippen molar-refractivity contribution in [2.45, 2.75) is 6.92 Å². The number of rotatable bonds is 4. The molecule has 0 aliphatic rings. The molecule has 0 aromatic heterocycles. The van der Waals surface area contributed by atoms with Crippen molar-refractivity contribution in [1.29, 1.82) is 0 Å². The van der Waals surface area contributed by atoms with Crippen molar-refractivity contribution < 1.29 is 14.3 Å². The Kier molecular flexibility index (Phi) is 5.47. The van der Waals surface area contributed by atoms with Crippen LogP contribution in [0.3, 0.4) is 0 Å². The first-order chi connectivity index (χ1) is 10.9. The molecule has 2 rings (SSSR count). The summed E-state index contributed by atoms with van der Waals surface area (Å²) >= 11 is 11.8. The molecule has 0 radical (unpaired) electrons. The molecular weight excluding hydrogens is 339 g/mol. The molecule has 7 heteroatoms. The van der Waals surface area contributed by atoms with Crippen LogP contribution in [0.2, 0.25) is 10.0 Å². The maximum absolute atomic E-state index is 12.3. The maximum atomic E-state index is 12.3. The predicted octanol–water partition coefficient (Wildman–Crippen LogP) is 4.21. The normalized spacial score (nSPS) is 10.1. The van der Waals surface area contributed by atoms with Gasteiger partial charge in [-0.1, -0.05) is 23.2 Å². The van der Waals surface area contributed by atoms with Gasteiger partial charge in [0.25, 0.3) is 5.91 Å². The van der Waals surface area contributed by atoms with Crippen LogP contribution in [-0.4, -0.2) is 18.9 Å². The summed E-state index contributed by atoms with van der Waals surface area (Å²) in [6.07, 6.45) is 0. The van der Waals surface area contributed by atoms with Crippen LogP contribution in [0.15, 0.2) is 36.4 Å². The minimum Gasteiger partial charge on any atom is -0.495 e. The van der Waals surface area contributed by atoms with Gasteiger partial charge in [0.05, 0.1) is 12.8 Å². The maximum Gasteiger partial charge on any atom is 0.255 e. The molecule has 0 fully saturated rings. The van der Waals surface area contributed by atoms with Crippen molar-refractivity contribution in [3.05, 3.63) is 52.0 Å². The van der Waals surface area contributed by atoms with Crippen LogP contribution in [0.5, 0.6) is 5.75 Å². The standard InChI is InChI=1S/C16H14Cl2N2O3/c1-9(21)19-13-3-4-15(23-2)14(8-13)20-16(22)10-5-11(17)7-12(18)6-10/h3-8H,1-2H3,(H,19,21)(H,20,22). The first-order valence-corrected chi connectivity index (χ1v) is 7.37. The Morgan fingerprint density at radius 1 is 1.00 bits per heavy atom. The van der Waals surface area contributed by atoms with Crippen molar-refractivity contribution in [3.8, 4) is 5.75 Å². The van der Waals surface area contributed by atoms with Gasteiger partial charge in [-0.05, 0) is 36.4 Å². The van der Waals surface area contributed by atoms with Gasteiger partial charge in [-0.3, -0.25) is 9.59 Å². The lowest BCUT2D eigenvalue weighted by Crippen LogP contribution is -2.13. The van der Waals surface area contributed by atoms with Gasteiger partial charge in [0, 0.05) is 28.2 Å². The molecule has 0 aliphatic heterocycles. The fraction of sp³-hybridized carbons (Fsp3) is 0.125. The van der Waals surface area contributed by atoms with Crippen molar-refractivity contribution in [2.24, 2.45) is 0 Å². The summed E-state index contributed by atoms with van der Waals surface area (Å²) in [5, 5.41) is 6.08. The molecule has 0 aliphatic carbocycles. The van der Waals surface area contributed by atoms with Gasteiger partial charge in [-0.15, -0.1) is 0 Å². The summed E-state index contributed by atoms with van der Waals surface area (Å²) in [7, 11) is 1.49. The zero-order valence-electron chi connectivity index (χ0n) is 12.4. The first kappa shape index (κ1) is 17.1. The van der Waals surface area contributed by atoms with Crippen LogP contribution >= 0.6 is 23.2 Å². The van der Waals surface area contributed by atoms with Crippen molar-refractivity contribution >= 4 is 46.4 Å². The second-order valence-electron chi connectivity index (χ2n) is 4.71. The molecule has 5 nitrogen and oxygen atoms in total. The zero-order valence-corrected chi connectivity index (χ0v) is 14.0. The average Bonchev–Trinajstić information content (AvgIpc) is 2.46. The number of carbonyl (C=O) groups is 2. The van der Waals surface area contributed by atoms with Crippen LogP contribution in [-0.2, 0) is 4.79 Å². The van der Waals surface area contributed by atoms with Crippen LogP contribution < -0.4 is 15.4 Å². The quantitative estimate of drug-likeness (QED) is 0.865. The molecule has 23 heavy (non-hydrogen) atoms. The van der Waals surface area contributed by atoms with Gasteiger partial charge < -0.3 is 15.4 Å². The molecule has 120 valence electrons. The minimum atomic E-state index is -0.396. The lowest BCUT2D eigenvalue weighted by Gasteiger charge is -2.12. The Bertz CT molecular complexity index is 743. The third-order valence-electron chi connectivity index (χ3n) is 2.89. The van der Waals surface area contributed by atoms with E-state index >= 15 is 0 Å². The molecule has 2 aromatic rings. The summed E-state index contributed by atoms with van der Waals surface area (Å²) in [4.78, 5) is 23.5. The fourth-order valence-electron chi connectivity index (χ4n) is 1.97. The van der Waals surface area contributed by atoms with E-state index in [9.17, 15) is 9.59 Å². The highest BCUT2D eigenvalue weighted by molar-refractivity contribution is 6.35. The van der Waals surface area contributed by atoms with Crippen molar-refractivity contribution in [3.63, 3.8) is 0 Å². The number of nitrogens with one attached hydrogen (secondary N) is 2. The van der Waals surface area contributed by atoms with E-state index < -0.39 is 5.91 Å². The van der Waals surface area contributed by atoms with E-state index in [2.05, 4.69) is 10.6 Å². The number of carbonyl (C=O) groups excluding carboxylic acids is 2. The molecule has 0 atom stereocenters. The van der Waals surface area contributed by atoms with Gasteiger partial charge in [-0.2, -0.15) is 0 Å². The highest BCUT2D eigenvalue weighted by atomic mass is 35.5. The highest BCUT2D eigenvalue weighted by Crippen LogP contribution is 2.29. The summed E-state index contributed by atoms with van der Waals surface area (Å²) < 4.78 is 5.21. The van der Waals surface area contributed by atoms with E-state index in [0.29, 0.717) is 32.7 Å². The molecule has 2 aromatic carbocycles. The Labute approximate surface area is 143 Å². The summed E-state index contributed by atoms with van der Waals surface area (Å²) in [5.74, 6) is -0.151. The third kappa shape index (κ3) is 4.61. The largest absolute Gasteiger partial charge is 0.495 e. The minimum absolute atomic E-state index is 0.214. The average molecular weight is 353 g/mol. The van der Waals surface area contributed by atoms with Gasteiger partial charge in [0.1, 0.15) is 5.75 Å². The third-order valence-corrected chi connectivity index (χ3v) is 3.33. The number of amides is 2. The SMILES string of the molecule is COc1ccc(NC(C)=O)cc1NC(=O)c1cc(Cl)cc(Cl)c1. The number of halogens is 2. The van der Waals surface area contributed by atoms with E-state index in [1.807, 2.05) is 0 Å². The van der Waals surface area contributed by atoms with Crippen molar-refractivity contribution in [2.75, 3.05) is 17.7 Å². The second kappa shape index (κ2) is 7.35.